The Morgan fingerprint density at radius 1 is 1.38 bits per heavy atom. The molecule has 0 N–H and O–H groups in total. The number of rotatable bonds is 6. The third-order valence-corrected chi connectivity index (χ3v) is 4.81. The molecule has 0 aliphatic rings. The molecule has 1 aromatic heterocycles. The van der Waals surface area contributed by atoms with Crippen molar-refractivity contribution in [2.45, 2.75) is 32.4 Å². The first-order chi connectivity index (χ1) is 7.44. The van der Waals surface area contributed by atoms with Gasteiger partial charge in [0.05, 0.1) is 10.7 Å². The first-order valence-corrected chi connectivity index (χ1v) is 10.2. The van der Waals surface area contributed by atoms with Gasteiger partial charge in [-0.1, -0.05) is 19.6 Å². The molecule has 0 atom stereocenters. The fourth-order valence-corrected chi connectivity index (χ4v) is 2.74. The molecule has 0 aliphatic heterocycles. The number of nitrogens with zero attached hydrogens (tertiary/aromatic N) is 1. The van der Waals surface area contributed by atoms with Crippen LogP contribution < -0.4 is 4.74 Å². The lowest BCUT2D eigenvalue weighted by atomic mass is 10.6. The smallest absolute Gasteiger partial charge is 0.208 e. The molecule has 0 saturated heterocycles. The van der Waals surface area contributed by atoms with Crippen molar-refractivity contribution in [2.75, 3.05) is 13.7 Å². The van der Waals surface area contributed by atoms with Crippen LogP contribution in [0.4, 0.5) is 0 Å². The largest absolute Gasteiger partial charge is 0.481 e. The minimum absolute atomic E-state index is 0.580. The molecule has 16 heavy (non-hydrogen) atoms. The van der Waals surface area contributed by atoms with E-state index in [0.717, 1.165) is 16.1 Å². The highest BCUT2D eigenvalue weighted by Crippen LogP contribution is 2.21. The second-order valence-electron chi connectivity index (χ2n) is 4.99. The van der Waals surface area contributed by atoms with Crippen LogP contribution in [0.1, 0.15) is 0 Å². The van der Waals surface area contributed by atoms with Gasteiger partial charge in [0, 0.05) is 20.9 Å². The maximum absolute atomic E-state index is 5.67. The molecule has 0 aliphatic carbocycles. The SMILES string of the molecule is COc1c(I)ccn1COCC[Si](C)(C)C. The van der Waals surface area contributed by atoms with Gasteiger partial charge in [-0.05, 0) is 34.7 Å². The minimum atomic E-state index is -0.979. The van der Waals surface area contributed by atoms with Crippen molar-refractivity contribution in [3.63, 3.8) is 0 Å². The lowest BCUT2D eigenvalue weighted by Crippen LogP contribution is -2.22. The molecule has 0 aromatic carbocycles. The van der Waals surface area contributed by atoms with Crippen molar-refractivity contribution in [3.8, 4) is 5.88 Å². The highest BCUT2D eigenvalue weighted by atomic mass is 127. The van der Waals surface area contributed by atoms with Gasteiger partial charge in [-0.2, -0.15) is 0 Å². The number of hydrogen-bond acceptors (Lipinski definition) is 2. The Morgan fingerprint density at radius 2 is 2.06 bits per heavy atom. The number of methoxy groups -OCH3 is 1. The van der Waals surface area contributed by atoms with Crippen LogP contribution in [0.25, 0.3) is 0 Å². The van der Waals surface area contributed by atoms with Crippen LogP contribution in [-0.4, -0.2) is 26.4 Å². The van der Waals surface area contributed by atoms with Crippen molar-refractivity contribution in [2.24, 2.45) is 0 Å². The van der Waals surface area contributed by atoms with Crippen molar-refractivity contribution >= 4 is 30.7 Å². The van der Waals surface area contributed by atoms with Gasteiger partial charge in [0.1, 0.15) is 6.73 Å². The lowest BCUT2D eigenvalue weighted by molar-refractivity contribution is 0.0816. The van der Waals surface area contributed by atoms with Crippen molar-refractivity contribution in [1.29, 1.82) is 0 Å². The van der Waals surface area contributed by atoms with E-state index in [4.69, 9.17) is 9.47 Å². The van der Waals surface area contributed by atoms with Crippen LogP contribution in [0.3, 0.4) is 0 Å². The summed E-state index contributed by atoms with van der Waals surface area (Å²) in [5, 5.41) is 0. The first-order valence-electron chi connectivity index (χ1n) is 5.40. The van der Waals surface area contributed by atoms with Gasteiger partial charge in [0.15, 0.2) is 0 Å². The predicted molar refractivity (Wildman–Crippen MR) is 77.8 cm³/mol. The number of hydrogen-bond donors (Lipinski definition) is 0. The summed E-state index contributed by atoms with van der Waals surface area (Å²) < 4.78 is 14.1. The van der Waals surface area contributed by atoms with Crippen LogP contribution >= 0.6 is 22.6 Å². The van der Waals surface area contributed by atoms with E-state index in [2.05, 4.69) is 42.2 Å². The fourth-order valence-electron chi connectivity index (χ4n) is 1.29. The maximum Gasteiger partial charge on any atom is 0.208 e. The van der Waals surface area contributed by atoms with Gasteiger partial charge >= 0.3 is 0 Å². The third kappa shape index (κ3) is 4.46. The Bertz CT molecular complexity index is 333. The molecule has 1 heterocycles. The van der Waals surface area contributed by atoms with Gasteiger partial charge in [-0.15, -0.1) is 0 Å². The molecule has 92 valence electrons. The second-order valence-corrected chi connectivity index (χ2v) is 11.8. The van der Waals surface area contributed by atoms with Crippen LogP contribution in [0.5, 0.6) is 5.88 Å². The summed E-state index contributed by atoms with van der Waals surface area (Å²) in [4.78, 5) is 0. The van der Waals surface area contributed by atoms with E-state index in [1.54, 1.807) is 7.11 Å². The average molecular weight is 353 g/mol. The Kier molecular flexibility index (Phi) is 5.33. The van der Waals surface area contributed by atoms with Crippen molar-refractivity contribution in [3.05, 3.63) is 15.8 Å². The quantitative estimate of drug-likeness (QED) is 0.445. The Balaban J connectivity index is 2.37. The molecule has 0 spiro atoms. The van der Waals surface area contributed by atoms with Crippen molar-refractivity contribution < 1.29 is 9.47 Å². The van der Waals surface area contributed by atoms with Gasteiger partial charge in [0.25, 0.3) is 0 Å². The van der Waals surface area contributed by atoms with E-state index in [1.807, 2.05) is 16.8 Å². The van der Waals surface area contributed by atoms with Crippen LogP contribution in [0.2, 0.25) is 25.7 Å². The second kappa shape index (κ2) is 6.06. The molecule has 0 radical (unpaired) electrons. The van der Waals surface area contributed by atoms with Gasteiger partial charge < -0.3 is 9.47 Å². The predicted octanol–water partition coefficient (Wildman–Crippen LogP) is 3.41. The zero-order chi connectivity index (χ0) is 12.2. The standard InChI is InChI=1S/C11H20INO2Si/c1-14-11-10(12)5-6-13(11)9-15-7-8-16(2,3)4/h5-6H,7-9H2,1-4H3. The van der Waals surface area contributed by atoms with E-state index < -0.39 is 8.07 Å². The van der Waals surface area contributed by atoms with Crippen molar-refractivity contribution in [1.82, 2.24) is 4.57 Å². The van der Waals surface area contributed by atoms with E-state index in [9.17, 15) is 0 Å². The molecule has 0 amide bonds. The van der Waals surface area contributed by atoms with E-state index in [0.29, 0.717) is 6.73 Å². The average Bonchev–Trinajstić information content (AvgIpc) is 2.52. The highest BCUT2D eigenvalue weighted by molar-refractivity contribution is 14.1. The lowest BCUT2D eigenvalue weighted by Gasteiger charge is -2.16. The third-order valence-electron chi connectivity index (χ3n) is 2.29. The van der Waals surface area contributed by atoms with E-state index in [1.165, 1.54) is 6.04 Å². The summed E-state index contributed by atoms with van der Waals surface area (Å²) in [6, 6.07) is 3.23. The summed E-state index contributed by atoms with van der Waals surface area (Å²) >= 11 is 2.26. The molecular weight excluding hydrogens is 333 g/mol. The number of halogens is 1. The Morgan fingerprint density at radius 3 is 2.62 bits per heavy atom. The van der Waals surface area contributed by atoms with Crippen LogP contribution in [0.15, 0.2) is 12.3 Å². The zero-order valence-corrected chi connectivity index (χ0v) is 13.6. The monoisotopic (exact) mass is 353 g/mol. The summed E-state index contributed by atoms with van der Waals surface area (Å²) in [5.41, 5.74) is 0. The minimum Gasteiger partial charge on any atom is -0.481 e. The molecule has 0 unspecified atom stereocenters. The molecular formula is C11H20INO2Si. The van der Waals surface area contributed by atoms with E-state index >= 15 is 0 Å². The van der Waals surface area contributed by atoms with Gasteiger partial charge in [-0.3, -0.25) is 4.57 Å². The van der Waals surface area contributed by atoms with Gasteiger partial charge in [0.2, 0.25) is 5.88 Å². The molecule has 0 fully saturated rings. The molecule has 0 bridgehead atoms. The number of aromatic nitrogens is 1. The van der Waals surface area contributed by atoms with E-state index in [-0.39, 0.29) is 0 Å². The topological polar surface area (TPSA) is 23.4 Å². The molecule has 0 saturated carbocycles. The molecule has 1 aromatic rings. The van der Waals surface area contributed by atoms with Crippen LogP contribution in [0, 0.1) is 3.57 Å². The summed E-state index contributed by atoms with van der Waals surface area (Å²) in [6.07, 6.45) is 2.00. The zero-order valence-electron chi connectivity index (χ0n) is 10.4. The Labute approximate surface area is 112 Å². The maximum atomic E-state index is 5.67. The summed E-state index contributed by atoms with van der Waals surface area (Å²) in [6.45, 7) is 8.49. The Hall–Kier alpha value is -0.0131. The normalized spacial score (nSPS) is 11.8. The first kappa shape index (κ1) is 14.0. The molecule has 3 nitrogen and oxygen atoms in total. The van der Waals surface area contributed by atoms with Crippen LogP contribution in [-0.2, 0) is 11.5 Å². The molecule has 5 heteroatoms. The number of ether oxygens (including phenoxy) is 2. The molecule has 1 rings (SSSR count). The fraction of sp³-hybridized carbons (Fsp3) is 0.636. The van der Waals surface area contributed by atoms with Gasteiger partial charge in [-0.25, -0.2) is 0 Å². The summed E-state index contributed by atoms with van der Waals surface area (Å²) in [7, 11) is 0.711. The summed E-state index contributed by atoms with van der Waals surface area (Å²) in [5.74, 6) is 0.883. The highest BCUT2D eigenvalue weighted by Gasteiger charge is 2.12.